The van der Waals surface area contributed by atoms with Gasteiger partial charge in [0.2, 0.25) is 0 Å². The number of hydrogen-bond acceptors (Lipinski definition) is 5. The molecule has 1 unspecified atom stereocenters. The molecule has 1 amide bonds. The topological polar surface area (TPSA) is 113 Å². The Morgan fingerprint density at radius 1 is 1.22 bits per heavy atom. The number of nitro groups is 1. The van der Waals surface area contributed by atoms with Crippen molar-refractivity contribution in [3.05, 3.63) is 64.2 Å². The van der Waals surface area contributed by atoms with Gasteiger partial charge in [-0.3, -0.25) is 14.9 Å². The Kier molecular flexibility index (Phi) is 5.07. The molecule has 140 valence electrons. The van der Waals surface area contributed by atoms with Crippen LogP contribution in [0.1, 0.15) is 30.1 Å². The first-order valence-electron chi connectivity index (χ1n) is 8.54. The molecule has 0 aliphatic heterocycles. The van der Waals surface area contributed by atoms with Gasteiger partial charge in [0.05, 0.1) is 4.92 Å². The first-order valence-corrected chi connectivity index (χ1v) is 8.54. The highest BCUT2D eigenvalue weighted by atomic mass is 16.6. The average molecular weight is 369 g/mol. The van der Waals surface area contributed by atoms with E-state index in [0.717, 1.165) is 12.8 Å². The van der Waals surface area contributed by atoms with E-state index < -0.39 is 22.8 Å². The van der Waals surface area contributed by atoms with Gasteiger partial charge < -0.3 is 15.3 Å². The summed E-state index contributed by atoms with van der Waals surface area (Å²) in [7, 11) is 0. The molecule has 1 aliphatic carbocycles. The fourth-order valence-corrected chi connectivity index (χ4v) is 2.88. The van der Waals surface area contributed by atoms with Crippen LogP contribution in [-0.2, 0) is 4.79 Å². The number of nitro benzene ring substituents is 1. The molecular formula is C19H19N3O5. The third-order valence-corrected chi connectivity index (χ3v) is 4.44. The minimum atomic E-state index is -1.10. The summed E-state index contributed by atoms with van der Waals surface area (Å²) in [6.07, 6.45) is 1.47. The molecule has 8 heteroatoms. The number of carbonyl (C=O) groups excluding carboxylic acids is 1. The number of para-hydroxylation sites is 1. The first kappa shape index (κ1) is 18.4. The molecule has 27 heavy (non-hydrogen) atoms. The van der Waals surface area contributed by atoms with Crippen molar-refractivity contribution < 1.29 is 19.6 Å². The van der Waals surface area contributed by atoms with Gasteiger partial charge in [0, 0.05) is 23.4 Å². The standard InChI is InChI=1S/C19H19N3O5/c1-12(19(24)25)21(15-8-9-15)18(23)13-7-10-16(17(11-13)22(26)27)20-14-5-3-2-4-6-14/h2-7,10-12,15,20H,8-9H2,1H3,(H,24,25). The van der Waals surface area contributed by atoms with Crippen molar-refractivity contribution in [1.82, 2.24) is 4.90 Å². The first-order chi connectivity index (χ1) is 12.9. The normalized spacial score (nSPS) is 14.3. The maximum absolute atomic E-state index is 12.8. The lowest BCUT2D eigenvalue weighted by molar-refractivity contribution is -0.383. The Morgan fingerprint density at radius 3 is 2.44 bits per heavy atom. The summed E-state index contributed by atoms with van der Waals surface area (Å²) in [5.41, 5.74) is 0.787. The number of carboxylic acids is 1. The number of rotatable bonds is 7. The summed E-state index contributed by atoms with van der Waals surface area (Å²) >= 11 is 0. The molecule has 1 fully saturated rings. The van der Waals surface area contributed by atoms with Gasteiger partial charge in [0.15, 0.2) is 0 Å². The van der Waals surface area contributed by atoms with Crippen LogP contribution in [0.15, 0.2) is 48.5 Å². The molecule has 0 bridgehead atoms. The van der Waals surface area contributed by atoms with Gasteiger partial charge in [-0.25, -0.2) is 4.79 Å². The number of benzene rings is 2. The lowest BCUT2D eigenvalue weighted by atomic mass is 10.1. The zero-order valence-electron chi connectivity index (χ0n) is 14.7. The number of carbonyl (C=O) groups is 2. The fraction of sp³-hybridized carbons (Fsp3) is 0.263. The highest BCUT2D eigenvalue weighted by molar-refractivity contribution is 5.98. The Morgan fingerprint density at radius 2 is 1.89 bits per heavy atom. The molecule has 0 heterocycles. The summed E-state index contributed by atoms with van der Waals surface area (Å²) in [4.78, 5) is 36.4. The molecule has 8 nitrogen and oxygen atoms in total. The van der Waals surface area contributed by atoms with Crippen LogP contribution in [-0.4, -0.2) is 38.9 Å². The van der Waals surface area contributed by atoms with Crippen LogP contribution in [0.25, 0.3) is 0 Å². The molecule has 2 N–H and O–H groups in total. The van der Waals surface area contributed by atoms with Crippen molar-refractivity contribution in [2.24, 2.45) is 0 Å². The SMILES string of the molecule is CC(C(=O)O)N(C(=O)c1ccc(Nc2ccccc2)c([N+](=O)[O-])c1)C1CC1. The van der Waals surface area contributed by atoms with E-state index in [-0.39, 0.29) is 23.0 Å². The second-order valence-electron chi connectivity index (χ2n) is 6.44. The van der Waals surface area contributed by atoms with Crippen LogP contribution in [0.4, 0.5) is 17.1 Å². The summed E-state index contributed by atoms with van der Waals surface area (Å²) in [6.45, 7) is 1.44. The van der Waals surface area contributed by atoms with Gasteiger partial charge in [-0.2, -0.15) is 0 Å². The Hall–Kier alpha value is -3.42. The van der Waals surface area contributed by atoms with Crippen molar-refractivity contribution in [2.75, 3.05) is 5.32 Å². The average Bonchev–Trinajstić information content (AvgIpc) is 3.47. The molecule has 0 spiro atoms. The minimum Gasteiger partial charge on any atom is -0.480 e. The molecular weight excluding hydrogens is 350 g/mol. The monoisotopic (exact) mass is 369 g/mol. The van der Waals surface area contributed by atoms with Crippen molar-refractivity contribution in [3.8, 4) is 0 Å². The third-order valence-electron chi connectivity index (χ3n) is 4.44. The number of anilines is 2. The van der Waals surface area contributed by atoms with Crippen LogP contribution in [0.2, 0.25) is 0 Å². The van der Waals surface area contributed by atoms with E-state index in [4.69, 9.17) is 0 Å². The van der Waals surface area contributed by atoms with E-state index >= 15 is 0 Å². The van der Waals surface area contributed by atoms with Gasteiger partial charge in [0.1, 0.15) is 11.7 Å². The number of aliphatic carboxylic acids is 1. The van der Waals surface area contributed by atoms with Gasteiger partial charge >= 0.3 is 5.97 Å². The predicted octanol–water partition coefficient (Wildman–Crippen LogP) is 3.42. The molecule has 1 saturated carbocycles. The number of carboxylic acid groups (broad SMARTS) is 1. The fourth-order valence-electron chi connectivity index (χ4n) is 2.88. The van der Waals surface area contributed by atoms with Gasteiger partial charge in [-0.15, -0.1) is 0 Å². The lowest BCUT2D eigenvalue weighted by Crippen LogP contribution is -2.44. The molecule has 2 aromatic carbocycles. The zero-order chi connectivity index (χ0) is 19.6. The van der Waals surface area contributed by atoms with E-state index in [9.17, 15) is 24.8 Å². The minimum absolute atomic E-state index is 0.0975. The van der Waals surface area contributed by atoms with Crippen molar-refractivity contribution in [2.45, 2.75) is 31.8 Å². The second kappa shape index (κ2) is 7.45. The maximum atomic E-state index is 12.8. The van der Waals surface area contributed by atoms with E-state index in [1.807, 2.05) is 6.07 Å². The Bertz CT molecular complexity index is 880. The largest absolute Gasteiger partial charge is 0.480 e. The summed E-state index contributed by atoms with van der Waals surface area (Å²) < 4.78 is 0. The molecule has 2 aromatic rings. The summed E-state index contributed by atoms with van der Waals surface area (Å²) in [6, 6.07) is 12.0. The highest BCUT2D eigenvalue weighted by Gasteiger charge is 2.39. The zero-order valence-corrected chi connectivity index (χ0v) is 14.7. The van der Waals surface area contributed by atoms with E-state index in [0.29, 0.717) is 5.69 Å². The molecule has 0 radical (unpaired) electrons. The van der Waals surface area contributed by atoms with E-state index in [1.165, 1.54) is 30.0 Å². The number of nitrogens with one attached hydrogen (secondary N) is 1. The van der Waals surface area contributed by atoms with Crippen molar-refractivity contribution >= 4 is 28.9 Å². The predicted molar refractivity (Wildman–Crippen MR) is 99.1 cm³/mol. The number of nitrogens with zero attached hydrogens (tertiary/aromatic N) is 2. The summed E-state index contributed by atoms with van der Waals surface area (Å²) in [5.74, 6) is -1.62. The van der Waals surface area contributed by atoms with Crippen LogP contribution in [0.5, 0.6) is 0 Å². The molecule has 1 atom stereocenters. The number of hydrogen-bond donors (Lipinski definition) is 2. The number of amides is 1. The third kappa shape index (κ3) is 4.05. The van der Waals surface area contributed by atoms with Gasteiger partial charge in [-0.1, -0.05) is 18.2 Å². The van der Waals surface area contributed by atoms with Crippen LogP contribution in [0, 0.1) is 10.1 Å². The van der Waals surface area contributed by atoms with Gasteiger partial charge in [0.25, 0.3) is 11.6 Å². The molecule has 3 rings (SSSR count). The quantitative estimate of drug-likeness (QED) is 0.571. The van der Waals surface area contributed by atoms with E-state index in [1.54, 1.807) is 24.3 Å². The van der Waals surface area contributed by atoms with Crippen LogP contribution < -0.4 is 5.32 Å². The van der Waals surface area contributed by atoms with Crippen molar-refractivity contribution in [3.63, 3.8) is 0 Å². The highest BCUT2D eigenvalue weighted by Crippen LogP contribution is 2.33. The maximum Gasteiger partial charge on any atom is 0.326 e. The van der Waals surface area contributed by atoms with Gasteiger partial charge in [-0.05, 0) is 44.0 Å². The van der Waals surface area contributed by atoms with E-state index in [2.05, 4.69) is 5.32 Å². The molecule has 0 saturated heterocycles. The second-order valence-corrected chi connectivity index (χ2v) is 6.44. The van der Waals surface area contributed by atoms with Crippen LogP contribution >= 0.6 is 0 Å². The smallest absolute Gasteiger partial charge is 0.326 e. The summed E-state index contributed by atoms with van der Waals surface area (Å²) in [5, 5.41) is 23.7. The van der Waals surface area contributed by atoms with Crippen LogP contribution in [0.3, 0.4) is 0 Å². The lowest BCUT2D eigenvalue weighted by Gasteiger charge is -2.26. The Balaban J connectivity index is 1.92. The van der Waals surface area contributed by atoms with Crippen molar-refractivity contribution in [1.29, 1.82) is 0 Å². The molecule has 1 aliphatic rings. The molecule has 0 aromatic heterocycles. The Labute approximate surface area is 155 Å².